The molecule has 0 aliphatic rings. The van der Waals surface area contributed by atoms with Crippen molar-refractivity contribution in [2.75, 3.05) is 18.6 Å². The van der Waals surface area contributed by atoms with Crippen LogP contribution in [0.3, 0.4) is 0 Å². The highest BCUT2D eigenvalue weighted by Crippen LogP contribution is 2.23. The summed E-state index contributed by atoms with van der Waals surface area (Å²) >= 11 is 0. The number of hydrogen-bond acceptors (Lipinski definition) is 3. The van der Waals surface area contributed by atoms with E-state index in [9.17, 15) is 8.42 Å². The molecule has 1 atom stereocenters. The summed E-state index contributed by atoms with van der Waals surface area (Å²) in [6.45, 7) is 8.92. The Hall–Kier alpha value is -0.870. The molecule has 0 fully saturated rings. The maximum Gasteiger partial charge on any atom is 0.149 e. The van der Waals surface area contributed by atoms with Crippen LogP contribution in [0.2, 0.25) is 0 Å². The highest BCUT2D eigenvalue weighted by Gasteiger charge is 2.18. The van der Waals surface area contributed by atoms with E-state index in [4.69, 9.17) is 0 Å². The van der Waals surface area contributed by atoms with Crippen LogP contribution in [0.1, 0.15) is 35.2 Å². The molecule has 1 aromatic rings. The van der Waals surface area contributed by atoms with Gasteiger partial charge in [0.25, 0.3) is 0 Å². The van der Waals surface area contributed by atoms with Crippen LogP contribution in [0, 0.1) is 20.8 Å². The maximum absolute atomic E-state index is 11.5. The number of aryl methyl sites for hydroxylation is 3. The van der Waals surface area contributed by atoms with Gasteiger partial charge in [0.2, 0.25) is 0 Å². The van der Waals surface area contributed by atoms with Gasteiger partial charge in [0.15, 0.2) is 0 Å². The van der Waals surface area contributed by atoms with E-state index in [1.54, 1.807) is 0 Å². The molecular formula is C14H23NO2S. The SMILES string of the molecule is CCNC(CS(C)(=O)=O)c1cc(C)c(C)cc1C. The average Bonchev–Trinajstić information content (AvgIpc) is 2.21. The van der Waals surface area contributed by atoms with E-state index in [-0.39, 0.29) is 11.8 Å². The van der Waals surface area contributed by atoms with Gasteiger partial charge in [0.05, 0.1) is 5.75 Å². The molecule has 0 radical (unpaired) electrons. The van der Waals surface area contributed by atoms with Crippen LogP contribution in [0.25, 0.3) is 0 Å². The second-order valence-electron chi connectivity index (χ2n) is 5.00. The van der Waals surface area contributed by atoms with Crippen molar-refractivity contribution in [1.29, 1.82) is 0 Å². The van der Waals surface area contributed by atoms with Crippen LogP contribution >= 0.6 is 0 Å². The summed E-state index contributed by atoms with van der Waals surface area (Å²) in [4.78, 5) is 0. The fraction of sp³-hybridized carbons (Fsp3) is 0.571. The van der Waals surface area contributed by atoms with Crippen molar-refractivity contribution in [3.63, 3.8) is 0 Å². The fourth-order valence-electron chi connectivity index (χ4n) is 2.17. The van der Waals surface area contributed by atoms with Crippen LogP contribution in [-0.4, -0.2) is 27.0 Å². The lowest BCUT2D eigenvalue weighted by Gasteiger charge is -2.21. The van der Waals surface area contributed by atoms with Crippen molar-refractivity contribution < 1.29 is 8.42 Å². The minimum atomic E-state index is -3.00. The predicted octanol–water partition coefficient (Wildman–Crippen LogP) is 2.31. The average molecular weight is 269 g/mol. The first-order chi connectivity index (χ1) is 8.24. The van der Waals surface area contributed by atoms with E-state index in [1.807, 2.05) is 13.8 Å². The Morgan fingerprint density at radius 3 is 2.17 bits per heavy atom. The third-order valence-electron chi connectivity index (χ3n) is 3.18. The Labute approximate surface area is 111 Å². The molecule has 0 spiro atoms. The zero-order valence-electron chi connectivity index (χ0n) is 11.9. The number of nitrogens with one attached hydrogen (secondary N) is 1. The summed E-state index contributed by atoms with van der Waals surface area (Å²) in [5.74, 6) is 0.143. The molecule has 0 aliphatic carbocycles. The monoisotopic (exact) mass is 269 g/mol. The summed E-state index contributed by atoms with van der Waals surface area (Å²) in [6, 6.07) is 4.10. The van der Waals surface area contributed by atoms with E-state index in [0.717, 1.165) is 17.7 Å². The van der Waals surface area contributed by atoms with Crippen LogP contribution in [0.5, 0.6) is 0 Å². The quantitative estimate of drug-likeness (QED) is 0.892. The Morgan fingerprint density at radius 2 is 1.67 bits per heavy atom. The van der Waals surface area contributed by atoms with Gasteiger partial charge >= 0.3 is 0 Å². The smallest absolute Gasteiger partial charge is 0.149 e. The van der Waals surface area contributed by atoms with E-state index >= 15 is 0 Å². The Morgan fingerprint density at radius 1 is 1.11 bits per heavy atom. The van der Waals surface area contributed by atoms with E-state index in [1.165, 1.54) is 17.4 Å². The number of benzene rings is 1. The van der Waals surface area contributed by atoms with Crippen LogP contribution in [0.4, 0.5) is 0 Å². The molecule has 0 heterocycles. The van der Waals surface area contributed by atoms with Gasteiger partial charge in [-0.25, -0.2) is 8.42 Å². The molecular weight excluding hydrogens is 246 g/mol. The molecule has 0 saturated heterocycles. The molecule has 1 N–H and O–H groups in total. The van der Waals surface area contributed by atoms with Crippen LogP contribution in [-0.2, 0) is 9.84 Å². The molecule has 0 aliphatic heterocycles. The molecule has 0 amide bonds. The molecule has 102 valence electrons. The van der Waals surface area contributed by atoms with Gasteiger partial charge in [-0.15, -0.1) is 0 Å². The Kier molecular flexibility index (Phi) is 4.93. The zero-order valence-corrected chi connectivity index (χ0v) is 12.7. The minimum Gasteiger partial charge on any atom is -0.309 e. The second kappa shape index (κ2) is 5.85. The minimum absolute atomic E-state index is 0.121. The Balaban J connectivity index is 3.17. The molecule has 0 aromatic heterocycles. The summed E-state index contributed by atoms with van der Waals surface area (Å²) in [6.07, 6.45) is 1.29. The number of sulfone groups is 1. The molecule has 4 heteroatoms. The molecule has 0 saturated carbocycles. The Bertz CT molecular complexity index is 521. The van der Waals surface area contributed by atoms with Gasteiger partial charge in [0.1, 0.15) is 9.84 Å². The van der Waals surface area contributed by atoms with Crippen molar-refractivity contribution in [2.45, 2.75) is 33.7 Å². The lowest BCUT2D eigenvalue weighted by atomic mass is 9.96. The first-order valence-corrected chi connectivity index (χ1v) is 8.29. The van der Waals surface area contributed by atoms with Gasteiger partial charge in [-0.05, 0) is 49.6 Å². The normalized spacial score (nSPS) is 13.6. The third kappa shape index (κ3) is 4.10. The topological polar surface area (TPSA) is 46.2 Å². The van der Waals surface area contributed by atoms with E-state index in [0.29, 0.717) is 0 Å². The largest absolute Gasteiger partial charge is 0.309 e. The van der Waals surface area contributed by atoms with Gasteiger partial charge in [-0.1, -0.05) is 19.1 Å². The van der Waals surface area contributed by atoms with Gasteiger partial charge in [-0.3, -0.25) is 0 Å². The van der Waals surface area contributed by atoms with Gasteiger partial charge in [0, 0.05) is 12.3 Å². The first kappa shape index (κ1) is 15.2. The predicted molar refractivity (Wildman–Crippen MR) is 76.8 cm³/mol. The van der Waals surface area contributed by atoms with Crippen LogP contribution < -0.4 is 5.32 Å². The lowest BCUT2D eigenvalue weighted by Crippen LogP contribution is -2.28. The fourth-order valence-corrected chi connectivity index (χ4v) is 3.07. The molecule has 1 rings (SSSR count). The summed E-state index contributed by atoms with van der Waals surface area (Å²) in [7, 11) is -3.00. The summed E-state index contributed by atoms with van der Waals surface area (Å²) in [5.41, 5.74) is 4.68. The van der Waals surface area contributed by atoms with Gasteiger partial charge < -0.3 is 5.32 Å². The van der Waals surface area contributed by atoms with Crippen molar-refractivity contribution in [3.05, 3.63) is 34.4 Å². The van der Waals surface area contributed by atoms with Gasteiger partial charge in [-0.2, -0.15) is 0 Å². The van der Waals surface area contributed by atoms with Crippen molar-refractivity contribution in [2.24, 2.45) is 0 Å². The van der Waals surface area contributed by atoms with Crippen LogP contribution in [0.15, 0.2) is 12.1 Å². The molecule has 18 heavy (non-hydrogen) atoms. The highest BCUT2D eigenvalue weighted by atomic mass is 32.2. The highest BCUT2D eigenvalue weighted by molar-refractivity contribution is 7.90. The third-order valence-corrected chi connectivity index (χ3v) is 4.12. The van der Waals surface area contributed by atoms with E-state index in [2.05, 4.69) is 31.3 Å². The molecule has 3 nitrogen and oxygen atoms in total. The maximum atomic E-state index is 11.5. The first-order valence-electron chi connectivity index (χ1n) is 6.23. The van der Waals surface area contributed by atoms with Crippen molar-refractivity contribution in [3.8, 4) is 0 Å². The van der Waals surface area contributed by atoms with E-state index < -0.39 is 9.84 Å². The van der Waals surface area contributed by atoms with Crippen molar-refractivity contribution >= 4 is 9.84 Å². The lowest BCUT2D eigenvalue weighted by molar-refractivity contribution is 0.561. The number of hydrogen-bond donors (Lipinski definition) is 1. The zero-order chi connectivity index (χ0) is 13.9. The molecule has 1 unspecified atom stereocenters. The van der Waals surface area contributed by atoms with Crippen molar-refractivity contribution in [1.82, 2.24) is 5.32 Å². The second-order valence-corrected chi connectivity index (χ2v) is 7.18. The molecule has 1 aromatic carbocycles. The summed E-state index contributed by atoms with van der Waals surface area (Å²) in [5, 5.41) is 3.26. The molecule has 0 bridgehead atoms. The summed E-state index contributed by atoms with van der Waals surface area (Å²) < 4.78 is 23.0. The number of rotatable bonds is 5. The standard InChI is InChI=1S/C14H23NO2S/c1-6-15-14(9-18(5,16)17)13-8-11(3)10(2)7-12(13)4/h7-8,14-15H,6,9H2,1-5H3.